The van der Waals surface area contributed by atoms with E-state index < -0.39 is 9.85 Å². The number of aromatic nitrogens is 2. The number of carbonyl (C=O) groups is 1. The lowest BCUT2D eigenvalue weighted by Gasteiger charge is -2.10. The molecule has 138 valence electrons. The average molecular weight is 491 g/mol. The average Bonchev–Trinajstić information content (AvgIpc) is 2.82. The number of nitro benzene ring substituents is 1. The van der Waals surface area contributed by atoms with E-state index in [1.807, 2.05) is 0 Å². The number of nitrogens with one attached hydrogen (secondary N) is 1. The third-order valence-corrected chi connectivity index (χ3v) is 4.83. The van der Waals surface area contributed by atoms with E-state index in [0.717, 1.165) is 0 Å². The van der Waals surface area contributed by atoms with Gasteiger partial charge in [-0.3, -0.25) is 29.7 Å². The lowest BCUT2D eigenvalue weighted by atomic mass is 10.2. The molecule has 1 aromatic heterocycles. The van der Waals surface area contributed by atoms with Crippen molar-refractivity contribution in [2.24, 2.45) is 0 Å². The summed E-state index contributed by atoms with van der Waals surface area (Å²) in [6.07, 6.45) is 0.0228. The second-order valence-corrected chi connectivity index (χ2v) is 7.05. The van der Waals surface area contributed by atoms with Crippen LogP contribution in [0.3, 0.4) is 0 Å². The van der Waals surface area contributed by atoms with E-state index in [1.54, 1.807) is 6.92 Å². The minimum Gasteiger partial charge on any atom is -0.324 e. The zero-order chi connectivity index (χ0) is 19.6. The van der Waals surface area contributed by atoms with Gasteiger partial charge in [0.05, 0.1) is 22.1 Å². The van der Waals surface area contributed by atoms with Crippen LogP contribution in [0, 0.1) is 34.1 Å². The van der Waals surface area contributed by atoms with Gasteiger partial charge >= 0.3 is 5.69 Å². The Balaban J connectivity index is 2.10. The number of anilines is 1. The Hall–Kier alpha value is -2.34. The van der Waals surface area contributed by atoms with Crippen molar-refractivity contribution in [2.45, 2.75) is 26.8 Å². The number of amides is 1. The van der Waals surface area contributed by atoms with E-state index in [1.165, 1.54) is 23.7 Å². The highest BCUT2D eigenvalue weighted by Crippen LogP contribution is 2.35. The fourth-order valence-electron chi connectivity index (χ4n) is 2.36. The number of carbonyl (C=O) groups excluding carboxylic acids is 1. The predicted octanol–water partition coefficient (Wildman–Crippen LogP) is 3.87. The van der Waals surface area contributed by atoms with Gasteiger partial charge < -0.3 is 5.32 Å². The molecule has 1 aromatic carbocycles. The molecule has 26 heavy (non-hydrogen) atoms. The van der Waals surface area contributed by atoms with Crippen LogP contribution in [0.5, 0.6) is 0 Å². The molecule has 0 atom stereocenters. The zero-order valence-electron chi connectivity index (χ0n) is 13.7. The van der Waals surface area contributed by atoms with Crippen LogP contribution in [0.2, 0.25) is 0 Å². The second kappa shape index (κ2) is 7.91. The van der Waals surface area contributed by atoms with E-state index in [9.17, 15) is 25.0 Å². The van der Waals surface area contributed by atoms with Crippen molar-refractivity contribution in [2.75, 3.05) is 5.32 Å². The van der Waals surface area contributed by atoms with Crippen LogP contribution in [-0.4, -0.2) is 25.5 Å². The van der Waals surface area contributed by atoms with Gasteiger partial charge in [-0.05, 0) is 45.7 Å². The molecule has 0 saturated heterocycles. The SMILES string of the molecule is Cc1nn(CCC(=O)Nc2c(Br)cc([N+](=O)[O-])cc2Br)c(C)c1[N+](=O)[O-]. The number of non-ortho nitro benzene ring substituents is 1. The maximum absolute atomic E-state index is 12.2. The van der Waals surface area contributed by atoms with Crippen molar-refractivity contribution in [1.82, 2.24) is 9.78 Å². The van der Waals surface area contributed by atoms with Crippen molar-refractivity contribution in [3.05, 3.63) is 52.7 Å². The molecule has 2 rings (SSSR count). The summed E-state index contributed by atoms with van der Waals surface area (Å²) in [4.78, 5) is 33.0. The van der Waals surface area contributed by atoms with Crippen LogP contribution in [0.25, 0.3) is 0 Å². The zero-order valence-corrected chi connectivity index (χ0v) is 16.8. The van der Waals surface area contributed by atoms with Gasteiger partial charge in [0.2, 0.25) is 5.91 Å². The van der Waals surface area contributed by atoms with Gasteiger partial charge in [0.25, 0.3) is 5.69 Å². The molecule has 1 heterocycles. The summed E-state index contributed by atoms with van der Waals surface area (Å²) in [5.41, 5.74) is 0.828. The number of benzene rings is 1. The number of hydrogen-bond acceptors (Lipinski definition) is 6. The maximum atomic E-state index is 12.2. The molecule has 10 nitrogen and oxygen atoms in total. The molecule has 0 aliphatic heterocycles. The highest BCUT2D eigenvalue weighted by molar-refractivity contribution is 9.11. The van der Waals surface area contributed by atoms with E-state index in [0.29, 0.717) is 20.3 Å². The molecule has 12 heteroatoms. The van der Waals surface area contributed by atoms with Gasteiger partial charge in [-0.15, -0.1) is 0 Å². The van der Waals surface area contributed by atoms with Crippen molar-refractivity contribution in [3.8, 4) is 0 Å². The van der Waals surface area contributed by atoms with Crippen molar-refractivity contribution in [1.29, 1.82) is 0 Å². The first-order valence-corrected chi connectivity index (χ1v) is 8.82. The Morgan fingerprint density at radius 3 is 2.23 bits per heavy atom. The summed E-state index contributed by atoms with van der Waals surface area (Å²) in [6.45, 7) is 3.26. The van der Waals surface area contributed by atoms with Crippen LogP contribution in [0.15, 0.2) is 21.1 Å². The predicted molar refractivity (Wildman–Crippen MR) is 100 cm³/mol. The van der Waals surface area contributed by atoms with E-state index in [-0.39, 0.29) is 35.9 Å². The first-order valence-electron chi connectivity index (χ1n) is 7.23. The van der Waals surface area contributed by atoms with Crippen LogP contribution in [-0.2, 0) is 11.3 Å². The largest absolute Gasteiger partial charge is 0.324 e. The van der Waals surface area contributed by atoms with Gasteiger partial charge in [-0.2, -0.15) is 5.10 Å². The van der Waals surface area contributed by atoms with E-state index in [2.05, 4.69) is 42.3 Å². The van der Waals surface area contributed by atoms with Gasteiger partial charge in [0, 0.05) is 27.5 Å². The molecule has 2 aromatic rings. The summed E-state index contributed by atoms with van der Waals surface area (Å²) in [5.74, 6) is -0.365. The summed E-state index contributed by atoms with van der Waals surface area (Å²) < 4.78 is 2.12. The topological polar surface area (TPSA) is 133 Å². The van der Waals surface area contributed by atoms with E-state index >= 15 is 0 Å². The number of hydrogen-bond donors (Lipinski definition) is 1. The van der Waals surface area contributed by atoms with Gasteiger partial charge in [-0.1, -0.05) is 0 Å². The normalized spacial score (nSPS) is 10.6. The third-order valence-electron chi connectivity index (χ3n) is 3.58. The maximum Gasteiger partial charge on any atom is 0.312 e. The highest BCUT2D eigenvalue weighted by Gasteiger charge is 2.22. The Morgan fingerprint density at radius 2 is 1.77 bits per heavy atom. The lowest BCUT2D eigenvalue weighted by molar-refractivity contribution is -0.386. The minimum absolute atomic E-state index is 0.0228. The van der Waals surface area contributed by atoms with Crippen molar-refractivity contribution < 1.29 is 14.6 Å². The molecule has 0 saturated carbocycles. The Morgan fingerprint density at radius 1 is 1.19 bits per heavy atom. The molecule has 0 aliphatic carbocycles. The molecule has 1 N–H and O–H groups in total. The fourth-order valence-corrected chi connectivity index (χ4v) is 3.72. The van der Waals surface area contributed by atoms with Crippen molar-refractivity contribution in [3.63, 3.8) is 0 Å². The van der Waals surface area contributed by atoms with E-state index in [4.69, 9.17) is 0 Å². The quantitative estimate of drug-likeness (QED) is 0.482. The molecule has 0 radical (unpaired) electrons. The molecule has 0 bridgehead atoms. The summed E-state index contributed by atoms with van der Waals surface area (Å²) >= 11 is 6.38. The molecule has 0 unspecified atom stereocenters. The second-order valence-electron chi connectivity index (χ2n) is 5.34. The van der Waals surface area contributed by atoms with Crippen molar-refractivity contribution >= 4 is 54.8 Å². The Labute approximate surface area is 164 Å². The Bertz CT molecular complexity index is 888. The first kappa shape index (κ1) is 20.0. The number of halogens is 2. The molecular formula is C14H13Br2N5O5. The number of aryl methyl sites for hydroxylation is 2. The Kier molecular flexibility index (Phi) is 6.08. The van der Waals surface area contributed by atoms with Gasteiger partial charge in [0.1, 0.15) is 11.4 Å². The van der Waals surface area contributed by atoms with Crippen LogP contribution >= 0.6 is 31.9 Å². The summed E-state index contributed by atoms with van der Waals surface area (Å²) in [5, 5.41) is 28.6. The molecular weight excluding hydrogens is 478 g/mol. The fraction of sp³-hybridized carbons (Fsp3) is 0.286. The lowest BCUT2D eigenvalue weighted by Crippen LogP contribution is -2.16. The standard InChI is InChI=1S/C14H13Br2N5O5/c1-7-14(21(25)26)8(2)19(18-7)4-3-12(22)17-13-10(15)5-9(20(23)24)6-11(13)16/h5-6H,3-4H2,1-2H3,(H,17,22). The smallest absolute Gasteiger partial charge is 0.312 e. The summed E-state index contributed by atoms with van der Waals surface area (Å²) in [6, 6.07) is 2.56. The highest BCUT2D eigenvalue weighted by atomic mass is 79.9. The van der Waals surface area contributed by atoms with Crippen LogP contribution < -0.4 is 5.32 Å². The van der Waals surface area contributed by atoms with Gasteiger partial charge in [-0.25, -0.2) is 0 Å². The summed E-state index contributed by atoms with van der Waals surface area (Å²) in [7, 11) is 0. The molecule has 0 spiro atoms. The number of rotatable bonds is 6. The number of nitrogens with zero attached hydrogens (tertiary/aromatic N) is 4. The molecule has 0 aliphatic rings. The monoisotopic (exact) mass is 489 g/mol. The van der Waals surface area contributed by atoms with Gasteiger partial charge in [0.15, 0.2) is 0 Å². The third kappa shape index (κ3) is 4.25. The van der Waals surface area contributed by atoms with Crippen LogP contribution in [0.4, 0.5) is 17.1 Å². The first-order chi connectivity index (χ1) is 12.1. The number of nitro groups is 2. The molecule has 0 fully saturated rings. The minimum atomic E-state index is -0.545. The van der Waals surface area contributed by atoms with Crippen LogP contribution in [0.1, 0.15) is 17.8 Å². The molecule has 1 amide bonds.